The third-order valence-corrected chi connectivity index (χ3v) is 16.6. The van der Waals surface area contributed by atoms with Gasteiger partial charge >= 0.3 is 0 Å². The molecule has 0 bridgehead atoms. The molecule has 0 amide bonds. The molecule has 55 heavy (non-hydrogen) atoms. The monoisotopic (exact) mass is 737 g/mol. The topological polar surface area (TPSA) is 3.24 Å². The summed E-state index contributed by atoms with van der Waals surface area (Å²) in [6.45, 7) is 3.23. The van der Waals surface area contributed by atoms with E-state index in [1.807, 2.05) is 12.1 Å². The van der Waals surface area contributed by atoms with Crippen molar-refractivity contribution in [3.63, 3.8) is 0 Å². The van der Waals surface area contributed by atoms with Crippen LogP contribution in [0, 0.1) is 5.82 Å². The Kier molecular flexibility index (Phi) is 9.89. The Labute approximate surface area is 327 Å². The molecule has 1 aliphatic carbocycles. The minimum absolute atomic E-state index is 0.179. The van der Waals surface area contributed by atoms with Gasteiger partial charge in [-0.1, -0.05) is 146 Å². The number of fused-ring (bicyclic) bond motifs is 2. The predicted octanol–water partition coefficient (Wildman–Crippen LogP) is 13.9. The zero-order valence-electron chi connectivity index (χ0n) is 31.6. The number of anilines is 1. The van der Waals surface area contributed by atoms with Crippen LogP contribution in [-0.2, 0) is 19.3 Å². The molecule has 1 heterocycles. The Bertz CT molecular complexity index is 2520. The van der Waals surface area contributed by atoms with E-state index in [1.165, 1.54) is 71.1 Å². The molecule has 1 aliphatic heterocycles. The minimum Gasteiger partial charge on any atom is -0.329 e. The average molecular weight is 738 g/mol. The van der Waals surface area contributed by atoms with Gasteiger partial charge in [0.15, 0.2) is 0 Å². The van der Waals surface area contributed by atoms with Crippen LogP contribution in [0.5, 0.6) is 0 Å². The molecule has 9 rings (SSSR count). The maximum Gasteiger partial charge on any atom is 0.123 e. The minimum atomic E-state index is -1.66. The van der Waals surface area contributed by atoms with Crippen molar-refractivity contribution in [2.24, 2.45) is 0 Å². The maximum absolute atomic E-state index is 14.2. The van der Waals surface area contributed by atoms with Crippen LogP contribution < -0.4 is 4.31 Å². The molecule has 3 heteroatoms. The average Bonchev–Trinajstić information content (AvgIpc) is 3.61. The summed E-state index contributed by atoms with van der Waals surface area (Å²) in [5.74, 6) is 0.820. The Morgan fingerprint density at radius 3 is 2.05 bits per heavy atom. The molecule has 2 atom stereocenters. The van der Waals surface area contributed by atoms with Crippen LogP contribution in [-0.4, -0.2) is 17.5 Å². The van der Waals surface area contributed by atoms with Crippen molar-refractivity contribution in [1.82, 2.24) is 0 Å². The van der Waals surface area contributed by atoms with Crippen molar-refractivity contribution in [3.8, 4) is 11.1 Å². The Morgan fingerprint density at radius 1 is 0.655 bits per heavy atom. The van der Waals surface area contributed by atoms with Gasteiger partial charge in [0, 0.05) is 27.8 Å². The van der Waals surface area contributed by atoms with Gasteiger partial charge < -0.3 is 4.31 Å². The number of benzene rings is 7. The Hall–Kier alpha value is -5.38. The molecule has 1 saturated heterocycles. The smallest absolute Gasteiger partial charge is 0.123 e. The van der Waals surface area contributed by atoms with Crippen LogP contribution in [0.3, 0.4) is 0 Å². The molecule has 7 aromatic rings. The number of rotatable bonds is 10. The third-order valence-electron chi connectivity index (χ3n) is 12.0. The highest BCUT2D eigenvalue weighted by Gasteiger charge is 2.46. The number of allylic oxidation sites excluding steroid dienone is 4. The Balaban J connectivity index is 1.22. The van der Waals surface area contributed by atoms with Crippen LogP contribution >= 0.6 is 10.2 Å². The van der Waals surface area contributed by atoms with Gasteiger partial charge in [-0.05, 0) is 124 Å². The normalized spacial score (nSPS) is 19.4. The van der Waals surface area contributed by atoms with Gasteiger partial charge in [-0.25, -0.2) is 4.39 Å². The summed E-state index contributed by atoms with van der Waals surface area (Å²) >= 11 is 0. The van der Waals surface area contributed by atoms with Crippen molar-refractivity contribution >= 4 is 43.0 Å². The standard InChI is InChI=1S/C52H48FNS/c1-2-38-23-28-44(29-24-38)55(36-34-39-21-26-43(53)27-22-39)45(37-42-25-30-47(40-13-5-3-6-14-40)49-18-10-9-17-46(42)49)33-35-54(55)52-32-31-48(41-15-7-4-8-16-41)50-19-11-12-20-51(50)52/h3-5,7-13,15-32,45H,2,6,14,33-37H2,1H3. The van der Waals surface area contributed by atoms with E-state index in [-0.39, 0.29) is 5.82 Å². The first kappa shape index (κ1) is 35.3. The summed E-state index contributed by atoms with van der Waals surface area (Å²) in [6, 6.07) is 55.3. The van der Waals surface area contributed by atoms with Crippen LogP contribution in [0.2, 0.25) is 0 Å². The molecule has 274 valence electrons. The molecule has 7 aromatic carbocycles. The van der Waals surface area contributed by atoms with E-state index in [9.17, 15) is 4.39 Å². The lowest BCUT2D eigenvalue weighted by molar-refractivity contribution is 0.627. The second-order valence-corrected chi connectivity index (χ2v) is 18.6. The first-order valence-corrected chi connectivity index (χ1v) is 21.8. The van der Waals surface area contributed by atoms with Crippen molar-refractivity contribution in [1.29, 1.82) is 0 Å². The summed E-state index contributed by atoms with van der Waals surface area (Å²) in [7, 11) is -1.66. The maximum atomic E-state index is 14.2. The van der Waals surface area contributed by atoms with Gasteiger partial charge in [0.1, 0.15) is 5.82 Å². The van der Waals surface area contributed by atoms with Crippen molar-refractivity contribution in [2.75, 3.05) is 16.6 Å². The van der Waals surface area contributed by atoms with E-state index in [0.717, 1.165) is 50.8 Å². The van der Waals surface area contributed by atoms with E-state index >= 15 is 0 Å². The highest BCUT2D eigenvalue weighted by Crippen LogP contribution is 2.69. The molecule has 0 saturated carbocycles. The van der Waals surface area contributed by atoms with Crippen molar-refractivity contribution in [2.45, 2.75) is 55.6 Å². The molecule has 1 fully saturated rings. The largest absolute Gasteiger partial charge is 0.329 e. The van der Waals surface area contributed by atoms with Gasteiger partial charge in [-0.3, -0.25) is 0 Å². The molecule has 0 spiro atoms. The fourth-order valence-corrected chi connectivity index (χ4v) is 14.0. The van der Waals surface area contributed by atoms with Crippen molar-refractivity contribution in [3.05, 3.63) is 198 Å². The van der Waals surface area contributed by atoms with Gasteiger partial charge in [-0.15, -0.1) is 10.2 Å². The summed E-state index contributed by atoms with van der Waals surface area (Å²) in [5, 5.41) is 5.74. The first-order chi connectivity index (χ1) is 27.1. The molecule has 0 radical (unpaired) electrons. The molecule has 2 unspecified atom stereocenters. The zero-order chi connectivity index (χ0) is 37.2. The number of halogens is 1. The number of hydrogen-bond donors (Lipinski definition) is 0. The van der Waals surface area contributed by atoms with Crippen LogP contribution in [0.15, 0.2) is 175 Å². The zero-order valence-corrected chi connectivity index (χ0v) is 32.4. The predicted molar refractivity (Wildman–Crippen MR) is 236 cm³/mol. The molecular formula is C52H48FNS. The summed E-state index contributed by atoms with van der Waals surface area (Å²) < 4.78 is 17.1. The number of aryl methyl sites for hydroxylation is 2. The van der Waals surface area contributed by atoms with Crippen molar-refractivity contribution < 1.29 is 4.39 Å². The van der Waals surface area contributed by atoms with E-state index < -0.39 is 10.2 Å². The molecular weight excluding hydrogens is 690 g/mol. The molecule has 0 N–H and O–H groups in total. The second kappa shape index (κ2) is 15.4. The first-order valence-electron chi connectivity index (χ1n) is 20.0. The highest BCUT2D eigenvalue weighted by molar-refractivity contribution is 8.35. The fraction of sp³-hybridized carbons (Fsp3) is 0.192. The summed E-state index contributed by atoms with van der Waals surface area (Å²) in [5.41, 5.74) is 10.6. The summed E-state index contributed by atoms with van der Waals surface area (Å²) in [6.07, 6.45) is 13.0. The highest BCUT2D eigenvalue weighted by atomic mass is 32.3. The van der Waals surface area contributed by atoms with E-state index in [2.05, 4.69) is 157 Å². The van der Waals surface area contributed by atoms with E-state index in [0.29, 0.717) is 5.25 Å². The van der Waals surface area contributed by atoms with E-state index in [1.54, 1.807) is 12.1 Å². The van der Waals surface area contributed by atoms with Gasteiger partial charge in [0.05, 0.1) is 5.69 Å². The van der Waals surface area contributed by atoms with Crippen LogP contribution in [0.25, 0.3) is 38.2 Å². The van der Waals surface area contributed by atoms with Gasteiger partial charge in [0.25, 0.3) is 0 Å². The quantitative estimate of drug-likeness (QED) is 0.135. The lowest BCUT2D eigenvalue weighted by atomic mass is 9.90. The lowest BCUT2D eigenvalue weighted by Gasteiger charge is -2.50. The Morgan fingerprint density at radius 2 is 1.33 bits per heavy atom. The number of nitrogens with zero attached hydrogens (tertiary/aromatic N) is 1. The van der Waals surface area contributed by atoms with E-state index in [4.69, 9.17) is 0 Å². The van der Waals surface area contributed by atoms with Crippen LogP contribution in [0.1, 0.15) is 48.4 Å². The number of hydrogen-bond acceptors (Lipinski definition) is 1. The molecule has 2 aliphatic rings. The SMILES string of the molecule is CCc1ccc(S2(CCc3ccc(F)cc3)C(Cc3ccc(C4=CC=CCC4)c4ccccc34)CCN2c2ccc(-c3ccccc3)c3ccccc23)cc1. The fourth-order valence-electron chi connectivity index (χ4n) is 9.20. The summed E-state index contributed by atoms with van der Waals surface area (Å²) in [4.78, 5) is 1.45. The lowest BCUT2D eigenvalue weighted by Crippen LogP contribution is -2.31. The third kappa shape index (κ3) is 6.70. The van der Waals surface area contributed by atoms with Gasteiger partial charge in [0.2, 0.25) is 0 Å². The van der Waals surface area contributed by atoms with Gasteiger partial charge in [-0.2, -0.15) is 0 Å². The van der Waals surface area contributed by atoms with Crippen LogP contribution in [0.4, 0.5) is 10.1 Å². The molecule has 1 nitrogen and oxygen atoms in total. The second-order valence-electron chi connectivity index (χ2n) is 15.1. The molecule has 0 aromatic heterocycles.